The molecule has 0 radical (unpaired) electrons. The zero-order valence-corrected chi connectivity index (χ0v) is 20.3. The van der Waals surface area contributed by atoms with E-state index in [2.05, 4.69) is 17.7 Å². The third-order valence-corrected chi connectivity index (χ3v) is 6.08. The van der Waals surface area contributed by atoms with Crippen molar-refractivity contribution in [3.63, 3.8) is 0 Å². The Balaban J connectivity index is 2.17. The van der Waals surface area contributed by atoms with Gasteiger partial charge in [0.25, 0.3) is 0 Å². The van der Waals surface area contributed by atoms with Crippen LogP contribution in [0.3, 0.4) is 0 Å². The van der Waals surface area contributed by atoms with Crippen LogP contribution in [0.4, 0.5) is 0 Å². The van der Waals surface area contributed by atoms with Crippen LogP contribution in [-0.4, -0.2) is 72.1 Å². The number of aliphatic hydroxyl groups is 1. The Kier molecular flexibility index (Phi) is 11.3. The Bertz CT molecular complexity index is 756. The maximum absolute atomic E-state index is 13.4. The minimum absolute atomic E-state index is 0.0724. The Morgan fingerprint density at radius 1 is 1.18 bits per heavy atom. The molecule has 0 aromatic heterocycles. The second-order valence-corrected chi connectivity index (χ2v) is 9.09. The lowest BCUT2D eigenvalue weighted by molar-refractivity contribution is -0.139. The zero-order chi connectivity index (χ0) is 24.2. The number of hydrogen-bond acceptors (Lipinski definition) is 5. The number of likely N-dealkylation sites (tertiary alicyclic amines) is 1. The van der Waals surface area contributed by atoms with Gasteiger partial charge in [-0.15, -0.1) is 0 Å². The van der Waals surface area contributed by atoms with Crippen molar-refractivity contribution in [3.05, 3.63) is 35.9 Å². The number of nitrogens with zero attached hydrogens (tertiary/aromatic N) is 2. The number of aliphatic hydroxyl groups excluding tert-OH is 1. The third kappa shape index (κ3) is 8.78. The fraction of sp³-hybridized carbons (Fsp3) is 0.640. The van der Waals surface area contributed by atoms with Crippen LogP contribution in [0.5, 0.6) is 0 Å². The smallest absolute Gasteiger partial charge is 0.245 e. The van der Waals surface area contributed by atoms with Gasteiger partial charge < -0.3 is 15.3 Å². The summed E-state index contributed by atoms with van der Waals surface area (Å²) in [5.41, 5.74) is 3.65. The van der Waals surface area contributed by atoms with Crippen LogP contribution in [0, 0.1) is 5.92 Å². The summed E-state index contributed by atoms with van der Waals surface area (Å²) in [6.45, 7) is 2.59. The van der Waals surface area contributed by atoms with Crippen molar-refractivity contribution in [2.75, 3.05) is 27.2 Å². The van der Waals surface area contributed by atoms with Crippen molar-refractivity contribution in [1.29, 1.82) is 0 Å². The fourth-order valence-corrected chi connectivity index (χ4v) is 4.34. The summed E-state index contributed by atoms with van der Waals surface area (Å²) < 4.78 is 0. The lowest BCUT2D eigenvalue weighted by atomic mass is 9.95. The molecule has 8 heteroatoms. The molecular weight excluding hydrogens is 420 g/mol. The summed E-state index contributed by atoms with van der Waals surface area (Å²) in [7, 11) is 3.46. The van der Waals surface area contributed by atoms with Gasteiger partial charge in [-0.3, -0.25) is 19.8 Å². The quantitative estimate of drug-likeness (QED) is 0.308. The number of nitrogens with one attached hydrogen (secondary N) is 2. The molecule has 2 rings (SSSR count). The van der Waals surface area contributed by atoms with Crippen LogP contribution in [0.15, 0.2) is 30.3 Å². The number of rotatable bonds is 13. The second-order valence-electron chi connectivity index (χ2n) is 9.09. The van der Waals surface area contributed by atoms with E-state index in [0.29, 0.717) is 19.4 Å². The number of hydrogen-bond donors (Lipinski definition) is 3. The molecule has 33 heavy (non-hydrogen) atoms. The van der Waals surface area contributed by atoms with Gasteiger partial charge in [0.2, 0.25) is 17.7 Å². The maximum Gasteiger partial charge on any atom is 0.245 e. The van der Waals surface area contributed by atoms with Crippen LogP contribution >= 0.6 is 0 Å². The zero-order valence-electron chi connectivity index (χ0n) is 20.3. The highest BCUT2D eigenvalue weighted by atomic mass is 16.3. The number of benzene rings is 1. The molecule has 0 spiro atoms. The van der Waals surface area contributed by atoms with Crippen molar-refractivity contribution in [2.24, 2.45) is 5.92 Å². The fourth-order valence-electron chi connectivity index (χ4n) is 4.34. The van der Waals surface area contributed by atoms with Crippen LogP contribution in [0.1, 0.15) is 57.4 Å². The first-order valence-electron chi connectivity index (χ1n) is 12.1. The lowest BCUT2D eigenvalue weighted by Gasteiger charge is -2.29. The summed E-state index contributed by atoms with van der Waals surface area (Å²) in [6.07, 6.45) is 5.48. The predicted molar refractivity (Wildman–Crippen MR) is 128 cm³/mol. The van der Waals surface area contributed by atoms with Crippen LogP contribution in [-0.2, 0) is 20.8 Å². The topological polar surface area (TPSA) is 102 Å². The first kappa shape index (κ1) is 26.8. The van der Waals surface area contributed by atoms with Crippen molar-refractivity contribution >= 4 is 17.7 Å². The Morgan fingerprint density at radius 3 is 2.55 bits per heavy atom. The van der Waals surface area contributed by atoms with Gasteiger partial charge in [0.1, 0.15) is 6.04 Å². The summed E-state index contributed by atoms with van der Waals surface area (Å²) in [5, 5.41) is 14.2. The Hall–Kier alpha value is -2.45. The van der Waals surface area contributed by atoms with Gasteiger partial charge in [-0.05, 0) is 24.8 Å². The van der Waals surface area contributed by atoms with Gasteiger partial charge in [0.15, 0.2) is 0 Å². The van der Waals surface area contributed by atoms with Gasteiger partial charge in [-0.25, -0.2) is 5.01 Å². The third-order valence-electron chi connectivity index (χ3n) is 6.08. The molecule has 1 fully saturated rings. The van der Waals surface area contributed by atoms with E-state index in [1.54, 1.807) is 24.0 Å². The molecule has 1 aromatic rings. The molecule has 1 heterocycles. The Labute approximate surface area is 197 Å². The first-order valence-corrected chi connectivity index (χ1v) is 12.1. The van der Waals surface area contributed by atoms with E-state index in [1.807, 2.05) is 30.3 Å². The van der Waals surface area contributed by atoms with Gasteiger partial charge >= 0.3 is 0 Å². The molecule has 1 aliphatic heterocycles. The average molecular weight is 461 g/mol. The molecule has 0 bridgehead atoms. The molecule has 3 amide bonds. The summed E-state index contributed by atoms with van der Waals surface area (Å²) in [6, 6.07) is 8.64. The minimum atomic E-state index is -0.738. The van der Waals surface area contributed by atoms with Crippen molar-refractivity contribution in [1.82, 2.24) is 20.7 Å². The highest BCUT2D eigenvalue weighted by Crippen LogP contribution is 2.20. The molecular formula is C25H40N4O4. The summed E-state index contributed by atoms with van der Waals surface area (Å²) in [4.78, 5) is 40.8. The lowest BCUT2D eigenvalue weighted by Crippen LogP contribution is -2.53. The maximum atomic E-state index is 13.4. The minimum Gasteiger partial charge on any atom is -0.394 e. The van der Waals surface area contributed by atoms with Gasteiger partial charge in [0.05, 0.1) is 12.6 Å². The molecule has 8 nitrogen and oxygen atoms in total. The predicted octanol–water partition coefficient (Wildman–Crippen LogP) is 1.88. The summed E-state index contributed by atoms with van der Waals surface area (Å²) >= 11 is 0. The molecule has 3 atom stereocenters. The second kappa shape index (κ2) is 14.0. The van der Waals surface area contributed by atoms with Gasteiger partial charge in [-0.1, -0.05) is 56.5 Å². The standard InChI is InChI=1S/C25H40N4O4/c1-4-5-7-13-20(17-23(31)27-28(2)3)24(32)26-22(16-19-11-8-6-9-12-19)25(33)29-15-10-14-21(29)18-30/h6,8-9,11-12,20-22,30H,4-5,7,10,13-18H2,1-3H3,(H,26,32)(H,27,31)/t20-,21-,22-/m0/s1. The monoisotopic (exact) mass is 460 g/mol. The number of hydrazine groups is 1. The molecule has 0 unspecified atom stereocenters. The van der Waals surface area contributed by atoms with E-state index in [9.17, 15) is 19.5 Å². The van der Waals surface area contributed by atoms with Crippen LogP contribution in [0.2, 0.25) is 0 Å². The molecule has 1 aromatic carbocycles. The van der Waals surface area contributed by atoms with E-state index < -0.39 is 12.0 Å². The van der Waals surface area contributed by atoms with Crippen LogP contribution in [0.25, 0.3) is 0 Å². The van der Waals surface area contributed by atoms with Gasteiger partial charge in [0, 0.05) is 39.4 Å². The number of carbonyl (C=O) groups is 3. The van der Waals surface area contributed by atoms with E-state index in [-0.39, 0.29) is 36.8 Å². The summed E-state index contributed by atoms with van der Waals surface area (Å²) in [5.74, 6) is -1.17. The number of amides is 3. The molecule has 0 saturated carbocycles. The van der Waals surface area contributed by atoms with E-state index in [0.717, 1.165) is 37.7 Å². The van der Waals surface area contributed by atoms with E-state index in [1.165, 1.54) is 0 Å². The first-order chi connectivity index (χ1) is 15.8. The normalized spacial score (nSPS) is 17.6. The van der Waals surface area contributed by atoms with Crippen molar-refractivity contribution < 1.29 is 19.5 Å². The largest absolute Gasteiger partial charge is 0.394 e. The SMILES string of the molecule is CCCCC[C@@H](CC(=O)NN(C)C)C(=O)N[C@@H](Cc1ccccc1)C(=O)N1CCC[C@H]1CO. The van der Waals surface area contributed by atoms with Crippen molar-refractivity contribution in [3.8, 4) is 0 Å². The average Bonchev–Trinajstić information content (AvgIpc) is 3.26. The molecule has 1 aliphatic rings. The molecule has 3 N–H and O–H groups in total. The molecule has 184 valence electrons. The highest BCUT2D eigenvalue weighted by molar-refractivity contribution is 5.91. The van der Waals surface area contributed by atoms with E-state index >= 15 is 0 Å². The van der Waals surface area contributed by atoms with Crippen LogP contribution < -0.4 is 10.7 Å². The van der Waals surface area contributed by atoms with Crippen molar-refractivity contribution in [2.45, 2.75) is 70.4 Å². The number of carbonyl (C=O) groups excluding carboxylic acids is 3. The van der Waals surface area contributed by atoms with Gasteiger partial charge in [-0.2, -0.15) is 0 Å². The Morgan fingerprint density at radius 2 is 1.91 bits per heavy atom. The van der Waals surface area contributed by atoms with E-state index in [4.69, 9.17) is 0 Å². The number of unbranched alkanes of at least 4 members (excludes halogenated alkanes) is 2. The molecule has 1 saturated heterocycles. The molecule has 0 aliphatic carbocycles. The highest BCUT2D eigenvalue weighted by Gasteiger charge is 2.35.